The zero-order valence-corrected chi connectivity index (χ0v) is 21.7. The van der Waals surface area contributed by atoms with Crippen LogP contribution in [0, 0.1) is 5.92 Å². The molecule has 1 N–H and O–H groups in total. The quantitative estimate of drug-likeness (QED) is 0.455. The van der Waals surface area contributed by atoms with E-state index in [0.717, 1.165) is 15.6 Å². The Balaban J connectivity index is 1.39. The maximum Gasteiger partial charge on any atom is 0.410 e. The van der Waals surface area contributed by atoms with Gasteiger partial charge in [0, 0.05) is 22.5 Å². The smallest absolute Gasteiger partial charge is 0.410 e. The maximum atomic E-state index is 13.1. The van der Waals surface area contributed by atoms with E-state index in [9.17, 15) is 9.59 Å². The van der Waals surface area contributed by atoms with Gasteiger partial charge in [0.1, 0.15) is 12.1 Å². The van der Waals surface area contributed by atoms with E-state index in [1.165, 1.54) is 0 Å². The van der Waals surface area contributed by atoms with Crippen molar-refractivity contribution >= 4 is 45.3 Å². The van der Waals surface area contributed by atoms with Gasteiger partial charge >= 0.3 is 6.09 Å². The van der Waals surface area contributed by atoms with Gasteiger partial charge in [0.25, 0.3) is 5.91 Å². The predicted octanol–water partition coefficient (Wildman–Crippen LogP) is 4.88. The van der Waals surface area contributed by atoms with Gasteiger partial charge in [0.2, 0.25) is 5.11 Å². The Hall–Kier alpha value is -3.27. The lowest BCUT2D eigenvalue weighted by atomic mass is 9.81. The summed E-state index contributed by atoms with van der Waals surface area (Å²) in [5.74, 6) is -0.406. The molecule has 2 aliphatic heterocycles. The largest absolute Gasteiger partial charge is 0.445 e. The highest BCUT2D eigenvalue weighted by Gasteiger charge is 2.59. The number of carbonyl (C=O) groups excluding carboxylic acids is 2. The average molecular weight is 566 g/mol. The first-order valence-corrected chi connectivity index (χ1v) is 12.7. The molecule has 3 aromatic rings. The van der Waals surface area contributed by atoms with Crippen LogP contribution in [0.4, 0.5) is 4.79 Å². The molecule has 7 nitrogen and oxygen atoms in total. The Bertz CT molecular complexity index is 1280. The molecule has 184 valence electrons. The van der Waals surface area contributed by atoms with Crippen LogP contribution in [0.25, 0.3) is 0 Å². The van der Waals surface area contributed by atoms with Gasteiger partial charge in [-0.25, -0.2) is 9.86 Å². The lowest BCUT2D eigenvalue weighted by molar-refractivity contribution is -0.104. The number of hydrogen-bond donors (Lipinski definition) is 1. The number of hydroxylamine groups is 2. The molecule has 2 saturated heterocycles. The van der Waals surface area contributed by atoms with Gasteiger partial charge in [-0.3, -0.25) is 14.9 Å². The molecule has 0 saturated carbocycles. The maximum absolute atomic E-state index is 13.1. The molecule has 2 atom stereocenters. The zero-order valence-electron chi connectivity index (χ0n) is 19.3. The molecule has 2 aliphatic rings. The topological polar surface area (TPSA) is 71.1 Å². The molecule has 0 aliphatic carbocycles. The highest BCUT2D eigenvalue weighted by atomic mass is 79.9. The Morgan fingerprint density at radius 3 is 2.50 bits per heavy atom. The van der Waals surface area contributed by atoms with Crippen LogP contribution in [0.2, 0.25) is 0 Å². The number of carbonyl (C=O) groups is 2. The van der Waals surface area contributed by atoms with E-state index in [1.807, 2.05) is 60.7 Å². The van der Waals surface area contributed by atoms with Crippen molar-refractivity contribution in [3.05, 3.63) is 106 Å². The van der Waals surface area contributed by atoms with Gasteiger partial charge in [-0.2, -0.15) is 0 Å². The number of nitrogens with zero attached hydrogens (tertiary/aromatic N) is 2. The molecule has 0 spiro atoms. The monoisotopic (exact) mass is 565 g/mol. The molecular weight excluding hydrogens is 542 g/mol. The number of benzene rings is 3. The minimum Gasteiger partial charge on any atom is -0.445 e. The van der Waals surface area contributed by atoms with Crippen LogP contribution < -0.4 is 5.32 Å². The molecule has 0 radical (unpaired) electrons. The second-order valence-corrected chi connectivity index (χ2v) is 10.1. The van der Waals surface area contributed by atoms with E-state index >= 15 is 0 Å². The minimum atomic E-state index is -0.781. The Morgan fingerprint density at radius 2 is 1.78 bits per heavy atom. The Labute approximate surface area is 223 Å². The molecule has 2 amide bonds. The van der Waals surface area contributed by atoms with Gasteiger partial charge < -0.3 is 9.64 Å². The number of rotatable bonds is 4. The van der Waals surface area contributed by atoms with Gasteiger partial charge in [0.05, 0.1) is 13.2 Å². The summed E-state index contributed by atoms with van der Waals surface area (Å²) in [6.07, 6.45) is -0.401. The van der Waals surface area contributed by atoms with Crippen molar-refractivity contribution < 1.29 is 19.2 Å². The standard InChI is InChI=1S/C27H24BrN3O4S/c28-23-13-7-12-21(14-23)27-18-30(26(33)34-16-19-8-3-1-4-9-19)15-22(27)17-35-31(27)25(36)29-24(32)20-10-5-2-6-11-20/h1-14,22H,15-18H2,(H,29,32,36). The van der Waals surface area contributed by atoms with Crippen molar-refractivity contribution in [3.8, 4) is 0 Å². The third-order valence-corrected chi connectivity index (χ3v) is 7.31. The first kappa shape index (κ1) is 24.4. The van der Waals surface area contributed by atoms with Crippen molar-refractivity contribution in [1.29, 1.82) is 0 Å². The molecule has 9 heteroatoms. The molecule has 2 fully saturated rings. The number of amides is 2. The highest BCUT2D eigenvalue weighted by molar-refractivity contribution is 9.10. The van der Waals surface area contributed by atoms with E-state index < -0.39 is 11.6 Å². The van der Waals surface area contributed by atoms with E-state index in [0.29, 0.717) is 25.3 Å². The lowest BCUT2D eigenvalue weighted by Gasteiger charge is -2.37. The summed E-state index contributed by atoms with van der Waals surface area (Å²) in [6, 6.07) is 26.3. The number of fused-ring (bicyclic) bond motifs is 1. The average Bonchev–Trinajstić information content (AvgIpc) is 3.45. The fraction of sp³-hybridized carbons (Fsp3) is 0.222. The van der Waals surface area contributed by atoms with Gasteiger partial charge in [0.15, 0.2) is 0 Å². The molecule has 0 bridgehead atoms. The van der Waals surface area contributed by atoms with E-state index in [1.54, 1.807) is 34.2 Å². The number of thiocarbonyl (C=S) groups is 1. The van der Waals surface area contributed by atoms with Crippen molar-refractivity contribution in [1.82, 2.24) is 15.3 Å². The second-order valence-electron chi connectivity index (χ2n) is 8.77. The SMILES string of the molecule is O=C(NC(=S)N1OCC2CN(C(=O)OCc3ccccc3)CC21c1cccc(Br)c1)c1ccccc1. The number of ether oxygens (including phenoxy) is 1. The third kappa shape index (κ3) is 4.74. The normalized spacial score (nSPS) is 20.6. The summed E-state index contributed by atoms with van der Waals surface area (Å²) in [4.78, 5) is 33.6. The van der Waals surface area contributed by atoms with Crippen LogP contribution >= 0.6 is 28.1 Å². The summed E-state index contributed by atoms with van der Waals surface area (Å²) in [6.45, 7) is 1.27. The van der Waals surface area contributed by atoms with E-state index in [2.05, 4.69) is 21.2 Å². The van der Waals surface area contributed by atoms with Crippen LogP contribution in [0.3, 0.4) is 0 Å². The second kappa shape index (κ2) is 10.4. The summed E-state index contributed by atoms with van der Waals surface area (Å²) < 4.78 is 6.51. The number of nitrogens with one attached hydrogen (secondary N) is 1. The molecule has 2 unspecified atom stereocenters. The summed E-state index contributed by atoms with van der Waals surface area (Å²) in [7, 11) is 0. The van der Waals surface area contributed by atoms with Gasteiger partial charge in [-0.15, -0.1) is 0 Å². The molecule has 3 aromatic carbocycles. The highest BCUT2D eigenvalue weighted by Crippen LogP contribution is 2.47. The molecule has 5 rings (SSSR count). The molecule has 2 heterocycles. The first-order valence-electron chi connectivity index (χ1n) is 11.5. The number of hydrogen-bond acceptors (Lipinski definition) is 5. The number of likely N-dealkylation sites (tertiary alicyclic amines) is 1. The van der Waals surface area contributed by atoms with Crippen molar-refractivity contribution in [3.63, 3.8) is 0 Å². The van der Waals surface area contributed by atoms with Crippen LogP contribution in [-0.2, 0) is 21.7 Å². The third-order valence-electron chi connectivity index (χ3n) is 6.54. The Kier molecular flexibility index (Phi) is 7.04. The van der Waals surface area contributed by atoms with Crippen LogP contribution in [0.5, 0.6) is 0 Å². The Morgan fingerprint density at radius 1 is 1.06 bits per heavy atom. The van der Waals surface area contributed by atoms with Gasteiger partial charge in [-0.05, 0) is 47.6 Å². The van der Waals surface area contributed by atoms with E-state index in [-0.39, 0.29) is 23.5 Å². The molecular formula is C27H24BrN3O4S. The van der Waals surface area contributed by atoms with Crippen LogP contribution in [-0.4, -0.2) is 46.8 Å². The predicted molar refractivity (Wildman–Crippen MR) is 142 cm³/mol. The summed E-state index contributed by atoms with van der Waals surface area (Å²) >= 11 is 9.22. The van der Waals surface area contributed by atoms with Crippen molar-refractivity contribution in [2.24, 2.45) is 5.92 Å². The van der Waals surface area contributed by atoms with E-state index in [4.69, 9.17) is 21.8 Å². The fourth-order valence-electron chi connectivity index (χ4n) is 4.80. The molecule has 0 aromatic heterocycles. The zero-order chi connectivity index (χ0) is 25.1. The first-order chi connectivity index (χ1) is 17.5. The molecule has 36 heavy (non-hydrogen) atoms. The minimum absolute atomic E-state index is 0.0809. The summed E-state index contributed by atoms with van der Waals surface area (Å²) in [5, 5.41) is 4.53. The number of halogens is 1. The fourth-order valence-corrected chi connectivity index (χ4v) is 5.51. The lowest BCUT2D eigenvalue weighted by Crippen LogP contribution is -2.53. The van der Waals surface area contributed by atoms with Crippen LogP contribution in [0.1, 0.15) is 21.5 Å². The van der Waals surface area contributed by atoms with Crippen LogP contribution in [0.15, 0.2) is 89.4 Å². The van der Waals surface area contributed by atoms with Gasteiger partial charge in [-0.1, -0.05) is 76.6 Å². The van der Waals surface area contributed by atoms with Crippen molar-refractivity contribution in [2.45, 2.75) is 12.1 Å². The van der Waals surface area contributed by atoms with Crippen molar-refractivity contribution in [2.75, 3.05) is 19.7 Å². The summed E-state index contributed by atoms with van der Waals surface area (Å²) in [5.41, 5.74) is 1.55.